The fourth-order valence-electron chi connectivity index (χ4n) is 4.36. The lowest BCUT2D eigenvalue weighted by Crippen LogP contribution is -2.57. The van der Waals surface area contributed by atoms with E-state index in [-0.39, 0.29) is 23.2 Å². The Labute approximate surface area is 172 Å². The Hall–Kier alpha value is -1.50. The first-order chi connectivity index (χ1) is 13.2. The largest absolute Gasteiger partial charge is 0.496 e. The summed E-state index contributed by atoms with van der Waals surface area (Å²) in [6.07, 6.45) is 1.61. The Morgan fingerprint density at radius 1 is 1.36 bits per heavy atom. The molecule has 1 N–H and O–H groups in total. The van der Waals surface area contributed by atoms with Crippen LogP contribution in [0.3, 0.4) is 0 Å². The molecule has 6 nitrogen and oxygen atoms in total. The molecule has 0 saturated carbocycles. The normalized spacial score (nSPS) is 23.9. The van der Waals surface area contributed by atoms with E-state index < -0.39 is 0 Å². The molecule has 1 atom stereocenters. The van der Waals surface area contributed by atoms with Gasteiger partial charge in [0.15, 0.2) is 0 Å². The van der Waals surface area contributed by atoms with Gasteiger partial charge in [-0.3, -0.25) is 0 Å². The first kappa shape index (κ1) is 21.2. The number of rotatable bonds is 4. The Kier molecular flexibility index (Phi) is 6.42. The van der Waals surface area contributed by atoms with Crippen LogP contribution in [0.1, 0.15) is 39.2 Å². The number of benzene rings is 1. The zero-order valence-electron chi connectivity index (χ0n) is 17.2. The second-order valence-electron chi connectivity index (χ2n) is 8.46. The number of nitrogens with zero attached hydrogens (tertiary/aromatic N) is 1. The van der Waals surface area contributed by atoms with Gasteiger partial charge >= 0.3 is 6.03 Å². The third-order valence-corrected chi connectivity index (χ3v) is 5.85. The SMILES string of the molecule is COc1ccc(Cl)cc1C1(CNC(=O)N2C[C@@H](C)OC(C)(C)C2)CCOCC1. The number of carbonyl (C=O) groups excluding carboxylic acids is 1. The number of hydrogen-bond donors (Lipinski definition) is 1. The van der Waals surface area contributed by atoms with Gasteiger partial charge in [-0.1, -0.05) is 11.6 Å². The molecule has 2 saturated heterocycles. The highest BCUT2D eigenvalue weighted by molar-refractivity contribution is 6.30. The molecule has 3 rings (SSSR count). The average Bonchev–Trinajstić information content (AvgIpc) is 2.65. The second kappa shape index (κ2) is 8.47. The van der Waals surface area contributed by atoms with Crippen LogP contribution in [0.4, 0.5) is 4.79 Å². The van der Waals surface area contributed by atoms with Gasteiger partial charge in [-0.15, -0.1) is 0 Å². The van der Waals surface area contributed by atoms with Crippen LogP contribution in [0.5, 0.6) is 5.75 Å². The number of ether oxygens (including phenoxy) is 3. The monoisotopic (exact) mass is 410 g/mol. The number of morpholine rings is 1. The maximum Gasteiger partial charge on any atom is 0.317 e. The van der Waals surface area contributed by atoms with Crippen molar-refractivity contribution in [3.63, 3.8) is 0 Å². The molecule has 2 amide bonds. The van der Waals surface area contributed by atoms with Gasteiger partial charge in [0.1, 0.15) is 5.75 Å². The molecule has 1 aromatic rings. The van der Waals surface area contributed by atoms with Crippen molar-refractivity contribution in [3.8, 4) is 5.75 Å². The van der Waals surface area contributed by atoms with Gasteiger partial charge in [-0.05, 0) is 51.8 Å². The highest BCUT2D eigenvalue weighted by Gasteiger charge is 2.39. The topological polar surface area (TPSA) is 60.0 Å². The molecule has 2 aliphatic rings. The van der Waals surface area contributed by atoms with Gasteiger partial charge < -0.3 is 24.4 Å². The number of methoxy groups -OCH3 is 1. The van der Waals surface area contributed by atoms with Crippen LogP contribution in [-0.2, 0) is 14.9 Å². The van der Waals surface area contributed by atoms with Crippen LogP contribution in [0, 0.1) is 0 Å². The van der Waals surface area contributed by atoms with Crippen molar-refractivity contribution in [1.29, 1.82) is 0 Å². The fourth-order valence-corrected chi connectivity index (χ4v) is 4.54. The van der Waals surface area contributed by atoms with E-state index in [1.807, 2.05) is 43.9 Å². The second-order valence-corrected chi connectivity index (χ2v) is 8.90. The Morgan fingerprint density at radius 3 is 2.71 bits per heavy atom. The van der Waals surface area contributed by atoms with Crippen molar-refractivity contribution >= 4 is 17.6 Å². The predicted octanol–water partition coefficient (Wildman–Crippen LogP) is 3.61. The zero-order chi connectivity index (χ0) is 20.4. The Morgan fingerprint density at radius 2 is 2.07 bits per heavy atom. The Balaban J connectivity index is 1.78. The summed E-state index contributed by atoms with van der Waals surface area (Å²) in [5, 5.41) is 3.83. The summed E-state index contributed by atoms with van der Waals surface area (Å²) in [6, 6.07) is 5.61. The quantitative estimate of drug-likeness (QED) is 0.823. The maximum absolute atomic E-state index is 12.9. The van der Waals surface area contributed by atoms with Gasteiger partial charge in [-0.25, -0.2) is 4.79 Å². The average molecular weight is 411 g/mol. The lowest BCUT2D eigenvalue weighted by atomic mass is 9.73. The highest BCUT2D eigenvalue weighted by Crippen LogP contribution is 2.40. The summed E-state index contributed by atoms with van der Waals surface area (Å²) in [5.41, 5.74) is 0.417. The van der Waals surface area contributed by atoms with Crippen LogP contribution in [0.15, 0.2) is 18.2 Å². The van der Waals surface area contributed by atoms with E-state index in [0.717, 1.165) is 24.2 Å². The number of carbonyl (C=O) groups is 1. The molecule has 0 spiro atoms. The number of nitrogens with one attached hydrogen (secondary N) is 1. The molecule has 0 aromatic heterocycles. The molecule has 0 aliphatic carbocycles. The molecule has 7 heteroatoms. The minimum atomic E-state index is -0.346. The molecule has 28 heavy (non-hydrogen) atoms. The van der Waals surface area contributed by atoms with Crippen LogP contribution < -0.4 is 10.1 Å². The number of amides is 2. The van der Waals surface area contributed by atoms with Gasteiger partial charge in [0, 0.05) is 42.3 Å². The maximum atomic E-state index is 12.9. The minimum Gasteiger partial charge on any atom is -0.496 e. The molecule has 2 heterocycles. The van der Waals surface area contributed by atoms with E-state index in [9.17, 15) is 4.79 Å². The van der Waals surface area contributed by atoms with E-state index in [0.29, 0.717) is 37.9 Å². The first-order valence-electron chi connectivity index (χ1n) is 9.87. The zero-order valence-corrected chi connectivity index (χ0v) is 18.0. The number of urea groups is 1. The summed E-state index contributed by atoms with van der Waals surface area (Å²) >= 11 is 6.29. The lowest BCUT2D eigenvalue weighted by molar-refractivity contribution is -0.117. The van der Waals surface area contributed by atoms with Gasteiger partial charge in [0.05, 0.1) is 25.4 Å². The lowest BCUT2D eigenvalue weighted by Gasteiger charge is -2.43. The van der Waals surface area contributed by atoms with E-state index in [1.54, 1.807) is 7.11 Å². The molecule has 0 unspecified atom stereocenters. The van der Waals surface area contributed by atoms with Crippen molar-refractivity contribution in [2.24, 2.45) is 0 Å². The molecule has 2 fully saturated rings. The predicted molar refractivity (Wildman–Crippen MR) is 109 cm³/mol. The van der Waals surface area contributed by atoms with E-state index in [2.05, 4.69) is 5.32 Å². The highest BCUT2D eigenvalue weighted by atomic mass is 35.5. The fraction of sp³-hybridized carbons (Fsp3) is 0.667. The summed E-state index contributed by atoms with van der Waals surface area (Å²) < 4.78 is 17.1. The molecule has 0 bridgehead atoms. The first-order valence-corrected chi connectivity index (χ1v) is 10.2. The third kappa shape index (κ3) is 4.73. The van der Waals surface area contributed by atoms with Crippen molar-refractivity contribution in [3.05, 3.63) is 28.8 Å². The van der Waals surface area contributed by atoms with Gasteiger partial charge in [0.25, 0.3) is 0 Å². The number of hydrogen-bond acceptors (Lipinski definition) is 4. The van der Waals surface area contributed by atoms with E-state index in [4.69, 9.17) is 25.8 Å². The summed E-state index contributed by atoms with van der Waals surface area (Å²) in [7, 11) is 1.66. The molecule has 1 aromatic carbocycles. The smallest absolute Gasteiger partial charge is 0.317 e. The van der Waals surface area contributed by atoms with Crippen molar-refractivity contribution in [2.75, 3.05) is 40.0 Å². The summed E-state index contributed by atoms with van der Waals surface area (Å²) in [4.78, 5) is 14.8. The van der Waals surface area contributed by atoms with Crippen LogP contribution in [0.25, 0.3) is 0 Å². The third-order valence-electron chi connectivity index (χ3n) is 5.62. The molecule has 156 valence electrons. The number of halogens is 1. The van der Waals surface area contributed by atoms with E-state index in [1.165, 1.54) is 0 Å². The van der Waals surface area contributed by atoms with Crippen molar-refractivity contribution in [1.82, 2.24) is 10.2 Å². The van der Waals surface area contributed by atoms with Gasteiger partial charge in [0.2, 0.25) is 0 Å². The van der Waals surface area contributed by atoms with Gasteiger partial charge in [-0.2, -0.15) is 0 Å². The van der Waals surface area contributed by atoms with E-state index >= 15 is 0 Å². The summed E-state index contributed by atoms with van der Waals surface area (Å²) in [5.74, 6) is 0.793. The van der Waals surface area contributed by atoms with Crippen LogP contribution in [0.2, 0.25) is 5.02 Å². The Bertz CT molecular complexity index is 704. The molecule has 2 aliphatic heterocycles. The van der Waals surface area contributed by atoms with Crippen LogP contribution >= 0.6 is 11.6 Å². The van der Waals surface area contributed by atoms with Crippen LogP contribution in [-0.4, -0.2) is 62.6 Å². The standard InChI is InChI=1S/C21H31ClN2O4/c1-15-12-24(14-20(2,3)28-15)19(25)23-13-21(7-9-27-10-8-21)17-11-16(22)5-6-18(17)26-4/h5-6,11,15H,7-10,12-14H2,1-4H3,(H,23,25)/t15-/m1/s1. The minimum absolute atomic E-state index is 0.0135. The van der Waals surface area contributed by atoms with Crippen molar-refractivity contribution in [2.45, 2.75) is 50.7 Å². The summed E-state index contributed by atoms with van der Waals surface area (Å²) in [6.45, 7) is 8.99. The van der Waals surface area contributed by atoms with Crippen molar-refractivity contribution < 1.29 is 19.0 Å². The molecular weight excluding hydrogens is 380 g/mol. The molecular formula is C21H31ClN2O4. The molecule has 0 radical (unpaired) electrons.